The Morgan fingerprint density at radius 1 is 1.28 bits per heavy atom. The number of H-pyrrole nitrogens is 1. The summed E-state index contributed by atoms with van der Waals surface area (Å²) in [6, 6.07) is 3.39. The number of hydrogen-bond donors (Lipinski definition) is 3. The molecule has 4 rings (SSSR count). The molecule has 1 fully saturated rings. The van der Waals surface area contributed by atoms with Crippen LogP contribution in [0.2, 0.25) is 0 Å². The van der Waals surface area contributed by atoms with Crippen molar-refractivity contribution < 1.29 is 22.4 Å². The van der Waals surface area contributed by atoms with Crippen LogP contribution in [-0.2, 0) is 0 Å². The van der Waals surface area contributed by atoms with E-state index in [0.29, 0.717) is 36.3 Å². The number of nitrogens with two attached hydrogens (primary N) is 1. The minimum absolute atomic E-state index is 0.0242. The zero-order valence-corrected chi connectivity index (χ0v) is 18.0. The first kappa shape index (κ1) is 22.3. The fourth-order valence-electron chi connectivity index (χ4n) is 3.97. The highest BCUT2D eigenvalue weighted by molar-refractivity contribution is 7.19. The summed E-state index contributed by atoms with van der Waals surface area (Å²) in [5.41, 5.74) is 6.48. The number of aromatic nitrogens is 3. The number of benzene rings is 1. The Kier molecular flexibility index (Phi) is 5.93. The summed E-state index contributed by atoms with van der Waals surface area (Å²) in [6.45, 7) is 1.63. The van der Waals surface area contributed by atoms with Crippen LogP contribution >= 0.6 is 11.3 Å². The molecule has 1 aromatic carbocycles. The van der Waals surface area contributed by atoms with E-state index in [1.165, 1.54) is 6.07 Å². The fraction of sp³-hybridized carbons (Fsp3) is 0.381. The SMILES string of the molecule is Cc1n[nH]c(C2CCCCC(F)(F)C2)c1NC(=O)c1nc(-c2c(F)cccc2F)sc1N. The highest BCUT2D eigenvalue weighted by Crippen LogP contribution is 2.42. The Balaban J connectivity index is 1.62. The van der Waals surface area contributed by atoms with Crippen LogP contribution in [0.1, 0.15) is 59.9 Å². The van der Waals surface area contributed by atoms with Gasteiger partial charge in [-0.05, 0) is 31.9 Å². The molecule has 1 aliphatic carbocycles. The molecule has 4 N–H and O–H groups in total. The summed E-state index contributed by atoms with van der Waals surface area (Å²) in [6.07, 6.45) is 1.11. The number of thiazole rings is 1. The maximum atomic E-state index is 14.1. The minimum Gasteiger partial charge on any atom is -0.389 e. The highest BCUT2D eigenvalue weighted by Gasteiger charge is 2.37. The van der Waals surface area contributed by atoms with Crippen molar-refractivity contribution in [2.45, 2.75) is 50.9 Å². The van der Waals surface area contributed by atoms with Gasteiger partial charge in [-0.1, -0.05) is 23.8 Å². The van der Waals surface area contributed by atoms with Gasteiger partial charge in [-0.2, -0.15) is 5.10 Å². The van der Waals surface area contributed by atoms with Crippen LogP contribution in [0.4, 0.5) is 28.3 Å². The molecule has 0 bridgehead atoms. The standard InChI is InChI=1S/C21H21F4N5OS/c1-10-15(16(30-29-10)11-5-2-3-8-21(24,25)9-11)27-19(31)17-18(26)32-20(28-17)14-12(22)6-4-7-13(14)23/h4,6-7,11H,2-3,5,8-9,26H2,1H3,(H,27,31)(H,29,30). The van der Waals surface area contributed by atoms with E-state index in [4.69, 9.17) is 5.73 Å². The molecule has 0 radical (unpaired) electrons. The van der Waals surface area contributed by atoms with E-state index in [1.807, 2.05) is 0 Å². The molecule has 1 unspecified atom stereocenters. The molecule has 1 amide bonds. The second-order valence-electron chi connectivity index (χ2n) is 7.88. The minimum atomic E-state index is -2.79. The zero-order valence-electron chi connectivity index (χ0n) is 17.1. The van der Waals surface area contributed by atoms with E-state index in [-0.39, 0.29) is 34.1 Å². The molecule has 3 aromatic rings. The number of nitrogens with zero attached hydrogens (tertiary/aromatic N) is 2. The fourth-order valence-corrected chi connectivity index (χ4v) is 4.84. The van der Waals surface area contributed by atoms with Crippen LogP contribution in [0.5, 0.6) is 0 Å². The molecule has 1 aliphatic rings. The van der Waals surface area contributed by atoms with E-state index in [1.54, 1.807) is 6.92 Å². The number of carbonyl (C=O) groups is 1. The number of hydrogen-bond acceptors (Lipinski definition) is 5. The lowest BCUT2D eigenvalue weighted by Crippen LogP contribution is -2.20. The number of aryl methyl sites for hydroxylation is 1. The van der Waals surface area contributed by atoms with Crippen LogP contribution in [-0.4, -0.2) is 27.0 Å². The van der Waals surface area contributed by atoms with Gasteiger partial charge in [0.1, 0.15) is 21.6 Å². The summed E-state index contributed by atoms with van der Waals surface area (Å²) in [5.74, 6) is -5.66. The predicted molar refractivity (Wildman–Crippen MR) is 114 cm³/mol. The number of amides is 1. The normalized spacial score (nSPS) is 18.3. The van der Waals surface area contributed by atoms with Crippen molar-refractivity contribution in [2.24, 2.45) is 0 Å². The van der Waals surface area contributed by atoms with Crippen molar-refractivity contribution in [1.82, 2.24) is 15.2 Å². The number of carbonyl (C=O) groups excluding carboxylic acids is 1. The van der Waals surface area contributed by atoms with Crippen molar-refractivity contribution >= 4 is 27.9 Å². The Hall–Kier alpha value is -2.95. The van der Waals surface area contributed by atoms with Gasteiger partial charge >= 0.3 is 0 Å². The molecule has 11 heteroatoms. The summed E-state index contributed by atoms with van der Waals surface area (Å²) in [7, 11) is 0. The van der Waals surface area contributed by atoms with Gasteiger partial charge < -0.3 is 11.1 Å². The first-order valence-corrected chi connectivity index (χ1v) is 10.9. The van der Waals surface area contributed by atoms with Crippen LogP contribution in [0, 0.1) is 18.6 Å². The number of nitrogen functional groups attached to an aromatic ring is 1. The number of halogens is 4. The van der Waals surface area contributed by atoms with Gasteiger partial charge in [-0.3, -0.25) is 9.89 Å². The number of aromatic amines is 1. The molecule has 2 aromatic heterocycles. The second kappa shape index (κ2) is 8.53. The van der Waals surface area contributed by atoms with Gasteiger partial charge in [-0.25, -0.2) is 22.5 Å². The largest absolute Gasteiger partial charge is 0.389 e. The Morgan fingerprint density at radius 3 is 2.72 bits per heavy atom. The van der Waals surface area contributed by atoms with Gasteiger partial charge in [0.2, 0.25) is 5.92 Å². The lowest BCUT2D eigenvalue weighted by atomic mass is 9.94. The number of alkyl halides is 2. The molecule has 170 valence electrons. The van der Waals surface area contributed by atoms with Crippen LogP contribution in [0.25, 0.3) is 10.6 Å². The third-order valence-corrected chi connectivity index (χ3v) is 6.46. The Bertz CT molecular complexity index is 1140. The van der Waals surface area contributed by atoms with E-state index in [9.17, 15) is 22.4 Å². The average molecular weight is 467 g/mol. The van der Waals surface area contributed by atoms with Gasteiger partial charge in [0, 0.05) is 18.8 Å². The summed E-state index contributed by atoms with van der Waals surface area (Å²) >= 11 is 0.779. The third-order valence-electron chi connectivity index (χ3n) is 5.56. The van der Waals surface area contributed by atoms with Gasteiger partial charge in [0.25, 0.3) is 5.91 Å². The monoisotopic (exact) mass is 467 g/mol. The molecular formula is C21H21F4N5OS. The van der Waals surface area contributed by atoms with Gasteiger partial charge in [0.05, 0.1) is 22.6 Å². The van der Waals surface area contributed by atoms with E-state index in [2.05, 4.69) is 20.5 Å². The van der Waals surface area contributed by atoms with Crippen molar-refractivity contribution in [1.29, 1.82) is 0 Å². The molecule has 1 saturated carbocycles. The van der Waals surface area contributed by atoms with Crippen LogP contribution in [0.3, 0.4) is 0 Å². The average Bonchev–Trinajstić information content (AvgIpc) is 3.21. The number of anilines is 2. The molecule has 32 heavy (non-hydrogen) atoms. The first-order valence-electron chi connectivity index (χ1n) is 10.1. The molecule has 0 spiro atoms. The van der Waals surface area contributed by atoms with E-state index < -0.39 is 29.4 Å². The zero-order chi connectivity index (χ0) is 23.0. The van der Waals surface area contributed by atoms with Gasteiger partial charge in [-0.15, -0.1) is 0 Å². The second-order valence-corrected chi connectivity index (χ2v) is 8.91. The Morgan fingerprint density at radius 2 is 2.00 bits per heavy atom. The van der Waals surface area contributed by atoms with E-state index in [0.717, 1.165) is 23.5 Å². The molecule has 0 saturated heterocycles. The van der Waals surface area contributed by atoms with Crippen LogP contribution < -0.4 is 11.1 Å². The van der Waals surface area contributed by atoms with Crippen molar-refractivity contribution in [2.75, 3.05) is 11.1 Å². The van der Waals surface area contributed by atoms with Crippen molar-refractivity contribution in [3.05, 3.63) is 46.9 Å². The molecule has 6 nitrogen and oxygen atoms in total. The predicted octanol–water partition coefficient (Wildman–Crippen LogP) is 5.64. The quantitative estimate of drug-likeness (QED) is 0.342. The molecule has 1 atom stereocenters. The van der Waals surface area contributed by atoms with Crippen LogP contribution in [0.15, 0.2) is 18.2 Å². The lowest BCUT2D eigenvalue weighted by Gasteiger charge is -2.20. The lowest BCUT2D eigenvalue weighted by molar-refractivity contribution is -0.0182. The Labute approximate surface area is 185 Å². The van der Waals surface area contributed by atoms with Crippen molar-refractivity contribution in [3.8, 4) is 10.6 Å². The smallest absolute Gasteiger partial charge is 0.277 e. The topological polar surface area (TPSA) is 96.7 Å². The summed E-state index contributed by atoms with van der Waals surface area (Å²) in [4.78, 5) is 16.9. The number of nitrogens with one attached hydrogen (secondary N) is 2. The third kappa shape index (κ3) is 4.34. The molecular weight excluding hydrogens is 446 g/mol. The summed E-state index contributed by atoms with van der Waals surface area (Å²) in [5, 5.41) is 9.42. The maximum absolute atomic E-state index is 14.1. The maximum Gasteiger partial charge on any atom is 0.277 e. The van der Waals surface area contributed by atoms with Crippen molar-refractivity contribution in [3.63, 3.8) is 0 Å². The van der Waals surface area contributed by atoms with Gasteiger partial charge in [0.15, 0.2) is 5.69 Å². The highest BCUT2D eigenvalue weighted by atomic mass is 32.1. The molecule has 2 heterocycles. The first-order chi connectivity index (χ1) is 15.2. The van der Waals surface area contributed by atoms with E-state index >= 15 is 0 Å². The molecule has 0 aliphatic heterocycles. The number of rotatable bonds is 4. The summed E-state index contributed by atoms with van der Waals surface area (Å²) < 4.78 is 56.5.